The zero-order valence-corrected chi connectivity index (χ0v) is 23.6. The maximum atomic E-state index is 10.3. The smallest absolute Gasteiger partial charge is 0.163 e. The van der Waals surface area contributed by atoms with Crippen molar-refractivity contribution in [2.45, 2.75) is 101 Å². The lowest BCUT2D eigenvalue weighted by atomic mass is 10.0. The Morgan fingerprint density at radius 3 is 1.92 bits per heavy atom. The first kappa shape index (κ1) is 28.7. The Morgan fingerprint density at radius 2 is 1.30 bits per heavy atom. The summed E-state index contributed by atoms with van der Waals surface area (Å²) >= 11 is 1.62. The van der Waals surface area contributed by atoms with E-state index in [9.17, 15) is 10.5 Å². The van der Waals surface area contributed by atoms with Crippen LogP contribution in [-0.2, 0) is 0 Å². The number of unbranched alkanes of at least 4 members (excludes halogenated alkanes) is 8. The molecule has 5 nitrogen and oxygen atoms in total. The van der Waals surface area contributed by atoms with Gasteiger partial charge in [-0.25, -0.2) is 0 Å². The minimum absolute atomic E-state index is 0.292. The summed E-state index contributed by atoms with van der Waals surface area (Å²) < 4.78 is 12.7. The van der Waals surface area contributed by atoms with Crippen LogP contribution in [0.1, 0.15) is 103 Å². The second-order valence-electron chi connectivity index (χ2n) is 9.56. The molecule has 2 aromatic carbocycles. The van der Waals surface area contributed by atoms with Gasteiger partial charge in [0, 0.05) is 11.4 Å². The van der Waals surface area contributed by atoms with Crippen LogP contribution in [-0.4, -0.2) is 19.8 Å². The highest BCUT2D eigenvalue weighted by atomic mass is 32.2. The fourth-order valence-corrected chi connectivity index (χ4v) is 5.86. The highest BCUT2D eigenvalue weighted by Gasteiger charge is 2.34. The van der Waals surface area contributed by atoms with Crippen LogP contribution in [0.15, 0.2) is 34.1 Å². The van der Waals surface area contributed by atoms with Crippen LogP contribution in [0.4, 0.5) is 11.4 Å². The van der Waals surface area contributed by atoms with Crippen molar-refractivity contribution in [3.63, 3.8) is 0 Å². The quantitative estimate of drug-likeness (QED) is 0.206. The fraction of sp³-hybridized carbons (Fsp3) is 0.548. The zero-order chi connectivity index (χ0) is 26.5. The fourth-order valence-electron chi connectivity index (χ4n) is 4.66. The van der Waals surface area contributed by atoms with E-state index in [1.54, 1.807) is 11.8 Å². The molecule has 0 spiro atoms. The topological polar surface area (TPSA) is 69.3 Å². The van der Waals surface area contributed by atoms with Crippen LogP contribution in [0, 0.1) is 22.7 Å². The molecular weight excluding hydrogens is 478 g/mol. The van der Waals surface area contributed by atoms with Gasteiger partial charge in [0.05, 0.1) is 23.8 Å². The first-order valence-corrected chi connectivity index (χ1v) is 14.9. The summed E-state index contributed by atoms with van der Waals surface area (Å²) in [6.07, 6.45) is 11.9. The number of hydrogen-bond donors (Lipinski definition) is 0. The Bertz CT molecular complexity index is 1100. The first-order valence-electron chi connectivity index (χ1n) is 14.1. The largest absolute Gasteiger partial charge is 0.491 e. The number of hydrogen-bond acceptors (Lipinski definition) is 6. The third-order valence-corrected chi connectivity index (χ3v) is 7.82. The van der Waals surface area contributed by atoms with Crippen molar-refractivity contribution in [3.05, 3.63) is 35.4 Å². The van der Waals surface area contributed by atoms with Crippen molar-refractivity contribution in [1.29, 1.82) is 10.5 Å². The molecule has 1 heterocycles. The van der Waals surface area contributed by atoms with E-state index in [0.29, 0.717) is 35.8 Å². The van der Waals surface area contributed by atoms with Crippen molar-refractivity contribution in [1.82, 2.24) is 0 Å². The van der Waals surface area contributed by atoms with Gasteiger partial charge >= 0.3 is 0 Å². The van der Waals surface area contributed by atoms with Gasteiger partial charge in [-0.2, -0.15) is 10.5 Å². The lowest BCUT2D eigenvalue weighted by molar-refractivity contribution is 0.290. The lowest BCUT2D eigenvalue weighted by Gasteiger charge is -2.35. The van der Waals surface area contributed by atoms with Gasteiger partial charge in [-0.15, -0.1) is 0 Å². The third kappa shape index (κ3) is 7.14. The average molecular weight is 520 g/mol. The highest BCUT2D eigenvalue weighted by Crippen LogP contribution is 2.57. The van der Waals surface area contributed by atoms with Gasteiger partial charge in [-0.3, -0.25) is 0 Å². The van der Waals surface area contributed by atoms with Crippen LogP contribution in [0.3, 0.4) is 0 Å². The molecule has 0 bridgehead atoms. The van der Waals surface area contributed by atoms with Crippen LogP contribution in [0.5, 0.6) is 11.5 Å². The molecule has 1 aliphatic heterocycles. The maximum Gasteiger partial charge on any atom is 0.163 e. The van der Waals surface area contributed by atoms with Crippen LogP contribution in [0.2, 0.25) is 0 Å². The second-order valence-corrected chi connectivity index (χ2v) is 10.6. The van der Waals surface area contributed by atoms with Gasteiger partial charge < -0.3 is 14.4 Å². The van der Waals surface area contributed by atoms with E-state index in [1.807, 2.05) is 6.07 Å². The van der Waals surface area contributed by atoms with Gasteiger partial charge in [0.2, 0.25) is 0 Å². The normalized spacial score (nSPS) is 11.9. The second kappa shape index (κ2) is 15.4. The summed E-state index contributed by atoms with van der Waals surface area (Å²) in [6, 6.07) is 13.0. The van der Waals surface area contributed by atoms with E-state index in [0.717, 1.165) is 98.3 Å². The van der Waals surface area contributed by atoms with Crippen LogP contribution < -0.4 is 14.4 Å². The highest BCUT2D eigenvalue weighted by molar-refractivity contribution is 7.99. The van der Waals surface area contributed by atoms with Crippen molar-refractivity contribution >= 4 is 23.1 Å². The number of benzene rings is 2. The number of nitrogens with zero attached hydrogens (tertiary/aromatic N) is 3. The number of nitriles is 2. The molecule has 2 aromatic rings. The zero-order valence-electron chi connectivity index (χ0n) is 22.8. The molecule has 0 saturated carbocycles. The predicted molar refractivity (Wildman–Crippen MR) is 152 cm³/mol. The molecule has 1 aliphatic rings. The molecule has 0 fully saturated rings. The summed E-state index contributed by atoms with van der Waals surface area (Å²) in [6.45, 7) is 8.45. The molecule has 198 valence electrons. The van der Waals surface area contributed by atoms with Gasteiger partial charge in [-0.05, 0) is 31.4 Å². The molecule has 0 aromatic heterocycles. The number of anilines is 2. The monoisotopic (exact) mass is 519 g/mol. The summed E-state index contributed by atoms with van der Waals surface area (Å²) in [7, 11) is 0. The van der Waals surface area contributed by atoms with Gasteiger partial charge in [-0.1, -0.05) is 96.0 Å². The molecule has 6 heteroatoms. The number of rotatable bonds is 16. The van der Waals surface area contributed by atoms with Crippen molar-refractivity contribution in [3.8, 4) is 23.6 Å². The number of para-hydroxylation sites is 1. The Balaban J connectivity index is 2.12. The third-order valence-electron chi connectivity index (χ3n) is 6.68. The SMILES string of the molecule is CCCCCCOc1c(C#N)c(C#N)c(OCCCCCC)c2c1Sc1ccccc1N2CCCCC. The van der Waals surface area contributed by atoms with E-state index in [2.05, 4.69) is 56.0 Å². The molecule has 3 rings (SSSR count). The molecule has 0 saturated heterocycles. The Hall–Kier alpha value is -2.83. The van der Waals surface area contributed by atoms with E-state index in [4.69, 9.17) is 9.47 Å². The number of ether oxygens (including phenoxy) is 2. The first-order chi connectivity index (χ1) is 18.2. The van der Waals surface area contributed by atoms with E-state index < -0.39 is 0 Å². The van der Waals surface area contributed by atoms with E-state index in [1.165, 1.54) is 0 Å². The van der Waals surface area contributed by atoms with Gasteiger partial charge in [0.25, 0.3) is 0 Å². The molecule has 0 amide bonds. The van der Waals surface area contributed by atoms with Crippen molar-refractivity contribution in [2.24, 2.45) is 0 Å². The molecule has 0 atom stereocenters. The number of fused-ring (bicyclic) bond motifs is 2. The molecular formula is C31H41N3O2S. The average Bonchev–Trinajstić information content (AvgIpc) is 2.92. The summed E-state index contributed by atoms with van der Waals surface area (Å²) in [5.74, 6) is 1.06. The molecule has 37 heavy (non-hydrogen) atoms. The van der Waals surface area contributed by atoms with Gasteiger partial charge in [0.15, 0.2) is 11.5 Å². The summed E-state index contributed by atoms with van der Waals surface area (Å²) in [5.41, 5.74) is 2.59. The van der Waals surface area contributed by atoms with Crippen molar-refractivity contribution < 1.29 is 9.47 Å². The Morgan fingerprint density at radius 1 is 0.730 bits per heavy atom. The molecule has 0 N–H and O–H groups in total. The maximum absolute atomic E-state index is 10.3. The summed E-state index contributed by atoms with van der Waals surface area (Å²) in [4.78, 5) is 4.32. The molecule has 0 aliphatic carbocycles. The van der Waals surface area contributed by atoms with Crippen LogP contribution >= 0.6 is 11.8 Å². The minimum atomic E-state index is 0.292. The van der Waals surface area contributed by atoms with E-state index in [-0.39, 0.29) is 0 Å². The lowest BCUT2D eigenvalue weighted by Crippen LogP contribution is -2.24. The van der Waals surface area contributed by atoms with Crippen molar-refractivity contribution in [2.75, 3.05) is 24.7 Å². The predicted octanol–water partition coefficient (Wildman–Crippen LogP) is 9.14. The van der Waals surface area contributed by atoms with Gasteiger partial charge in [0.1, 0.15) is 29.0 Å². The van der Waals surface area contributed by atoms with E-state index >= 15 is 0 Å². The standard InChI is InChI=1S/C31H41N3O2S/c1-4-7-10-15-20-35-29-24(22-32)25(23-33)30(36-21-16-11-8-5-2)31-28(29)34(19-14-9-6-3)26-17-12-13-18-27(26)37-31/h12-13,17-18H,4-11,14-16,19-21H2,1-3H3. The minimum Gasteiger partial charge on any atom is -0.491 e. The summed E-state index contributed by atoms with van der Waals surface area (Å²) in [5, 5.41) is 20.5. The Labute approximate surface area is 227 Å². The molecule has 0 radical (unpaired) electrons. The Kier molecular flexibility index (Phi) is 12.0. The van der Waals surface area contributed by atoms with Crippen LogP contribution in [0.25, 0.3) is 0 Å². The molecule has 0 unspecified atom stereocenters.